The first-order chi connectivity index (χ1) is 10.2. The van der Waals surface area contributed by atoms with E-state index in [0.29, 0.717) is 0 Å². The van der Waals surface area contributed by atoms with Crippen molar-refractivity contribution < 1.29 is 4.39 Å². The van der Waals surface area contributed by atoms with Crippen LogP contribution in [0.5, 0.6) is 0 Å². The summed E-state index contributed by atoms with van der Waals surface area (Å²) in [6, 6.07) is 6.79. The third-order valence-corrected chi connectivity index (χ3v) is 4.70. The Labute approximate surface area is 128 Å². The molecule has 6 heteroatoms. The molecule has 0 atom stereocenters. The zero-order valence-electron chi connectivity index (χ0n) is 12.1. The maximum absolute atomic E-state index is 13.0. The van der Waals surface area contributed by atoms with Gasteiger partial charge < -0.3 is 4.90 Å². The van der Waals surface area contributed by atoms with Gasteiger partial charge in [0.1, 0.15) is 5.82 Å². The number of aromatic nitrogens is 2. The molecule has 0 radical (unpaired) electrons. The molecule has 0 spiro atoms. The third kappa shape index (κ3) is 3.57. The van der Waals surface area contributed by atoms with Gasteiger partial charge in [0.25, 0.3) is 0 Å². The van der Waals surface area contributed by atoms with Crippen molar-refractivity contribution in [3.63, 3.8) is 0 Å². The fourth-order valence-electron chi connectivity index (χ4n) is 2.64. The monoisotopic (exact) mass is 306 g/mol. The summed E-state index contributed by atoms with van der Waals surface area (Å²) in [6.45, 7) is 7.02. The zero-order chi connectivity index (χ0) is 14.7. The van der Waals surface area contributed by atoms with Gasteiger partial charge in [-0.3, -0.25) is 4.90 Å². The molecule has 1 aromatic heterocycles. The Morgan fingerprint density at radius 3 is 2.67 bits per heavy atom. The molecule has 1 aromatic carbocycles. The van der Waals surface area contributed by atoms with Crippen molar-refractivity contribution in [1.82, 2.24) is 14.5 Å². The van der Waals surface area contributed by atoms with E-state index in [9.17, 15) is 4.39 Å². The fourth-order valence-corrected chi connectivity index (χ4v) is 3.31. The average Bonchev–Trinajstić information content (AvgIpc) is 2.74. The molecule has 4 nitrogen and oxygen atoms in total. The Morgan fingerprint density at radius 1 is 1.14 bits per heavy atom. The molecule has 0 amide bonds. The summed E-state index contributed by atoms with van der Waals surface area (Å²) in [4.78, 5) is 6.04. The molecular formula is C15H19FN4S. The average molecular weight is 306 g/mol. The van der Waals surface area contributed by atoms with Gasteiger partial charge in [-0.15, -0.1) is 5.10 Å². The highest BCUT2D eigenvalue weighted by atomic mass is 32.1. The van der Waals surface area contributed by atoms with Crippen LogP contribution in [0.15, 0.2) is 24.3 Å². The molecule has 2 heterocycles. The summed E-state index contributed by atoms with van der Waals surface area (Å²) in [5.74, 6) is -0.177. The van der Waals surface area contributed by atoms with Crippen LogP contribution >= 0.6 is 11.5 Å². The lowest BCUT2D eigenvalue weighted by atomic mass is 10.2. The van der Waals surface area contributed by atoms with Crippen molar-refractivity contribution in [1.29, 1.82) is 0 Å². The van der Waals surface area contributed by atoms with Crippen LogP contribution in [0.2, 0.25) is 0 Å². The van der Waals surface area contributed by atoms with Gasteiger partial charge in [0.15, 0.2) is 0 Å². The van der Waals surface area contributed by atoms with E-state index < -0.39 is 0 Å². The smallest absolute Gasteiger partial charge is 0.123 e. The molecule has 0 N–H and O–H groups in total. The van der Waals surface area contributed by atoms with Crippen LogP contribution in [0.3, 0.4) is 0 Å². The van der Waals surface area contributed by atoms with Crippen molar-refractivity contribution in [2.45, 2.75) is 19.9 Å². The molecule has 3 rings (SSSR count). The first kappa shape index (κ1) is 14.4. The summed E-state index contributed by atoms with van der Waals surface area (Å²) in [5, 5.41) is 4.07. The highest BCUT2D eigenvalue weighted by molar-refractivity contribution is 7.05. The van der Waals surface area contributed by atoms with Gasteiger partial charge in [0.2, 0.25) is 0 Å². The summed E-state index contributed by atoms with van der Waals surface area (Å²) in [6.07, 6.45) is 1.11. The lowest BCUT2D eigenvalue weighted by Crippen LogP contribution is -2.30. The SMILES string of the molecule is Cc1nnsc1CN1CCCN(c2ccc(F)cc2)CC1. The number of hydrogen-bond donors (Lipinski definition) is 0. The van der Waals surface area contributed by atoms with Gasteiger partial charge >= 0.3 is 0 Å². The maximum Gasteiger partial charge on any atom is 0.123 e. The van der Waals surface area contributed by atoms with E-state index >= 15 is 0 Å². The van der Waals surface area contributed by atoms with Gasteiger partial charge in [-0.1, -0.05) is 4.49 Å². The molecule has 0 saturated carbocycles. The topological polar surface area (TPSA) is 32.3 Å². The number of halogens is 1. The van der Waals surface area contributed by atoms with Crippen LogP contribution in [0, 0.1) is 12.7 Å². The van der Waals surface area contributed by atoms with Gasteiger partial charge in [0.05, 0.1) is 10.6 Å². The summed E-state index contributed by atoms with van der Waals surface area (Å²) < 4.78 is 17.0. The van der Waals surface area contributed by atoms with E-state index in [2.05, 4.69) is 19.4 Å². The quantitative estimate of drug-likeness (QED) is 0.873. The minimum absolute atomic E-state index is 0.177. The predicted octanol–water partition coefficient (Wildman–Crippen LogP) is 2.70. The number of rotatable bonds is 3. The lowest BCUT2D eigenvalue weighted by Gasteiger charge is -2.23. The van der Waals surface area contributed by atoms with E-state index in [-0.39, 0.29) is 5.82 Å². The van der Waals surface area contributed by atoms with Crippen molar-refractivity contribution in [3.8, 4) is 0 Å². The highest BCUT2D eigenvalue weighted by Crippen LogP contribution is 2.19. The molecule has 112 valence electrons. The lowest BCUT2D eigenvalue weighted by molar-refractivity contribution is 0.287. The predicted molar refractivity (Wildman–Crippen MR) is 83.2 cm³/mol. The number of nitrogens with zero attached hydrogens (tertiary/aromatic N) is 4. The van der Waals surface area contributed by atoms with Gasteiger partial charge in [0, 0.05) is 38.4 Å². The van der Waals surface area contributed by atoms with E-state index in [4.69, 9.17) is 0 Å². The standard InChI is InChI=1S/C15H19FN4S/c1-12-15(21-18-17-12)11-19-7-2-8-20(10-9-19)14-5-3-13(16)4-6-14/h3-6H,2,7-11H2,1H3. The summed E-state index contributed by atoms with van der Waals surface area (Å²) >= 11 is 1.49. The van der Waals surface area contributed by atoms with Crippen LogP contribution in [-0.4, -0.2) is 40.7 Å². The minimum Gasteiger partial charge on any atom is -0.370 e. The molecule has 0 bridgehead atoms. The molecule has 21 heavy (non-hydrogen) atoms. The number of hydrogen-bond acceptors (Lipinski definition) is 5. The minimum atomic E-state index is -0.177. The van der Waals surface area contributed by atoms with Gasteiger partial charge in [-0.05, 0) is 49.1 Å². The highest BCUT2D eigenvalue weighted by Gasteiger charge is 2.17. The van der Waals surface area contributed by atoms with Crippen molar-refractivity contribution >= 4 is 17.2 Å². The maximum atomic E-state index is 13.0. The normalized spacial score (nSPS) is 17.0. The third-order valence-electron chi connectivity index (χ3n) is 3.89. The van der Waals surface area contributed by atoms with E-state index in [0.717, 1.165) is 50.5 Å². The zero-order valence-corrected chi connectivity index (χ0v) is 12.9. The first-order valence-corrected chi connectivity index (χ1v) is 8.00. The van der Waals surface area contributed by atoms with E-state index in [1.807, 2.05) is 19.1 Å². The van der Waals surface area contributed by atoms with Crippen LogP contribution < -0.4 is 4.90 Å². The van der Waals surface area contributed by atoms with Crippen LogP contribution in [-0.2, 0) is 6.54 Å². The van der Waals surface area contributed by atoms with Crippen molar-refractivity contribution in [2.75, 3.05) is 31.1 Å². The van der Waals surface area contributed by atoms with Crippen molar-refractivity contribution in [2.24, 2.45) is 0 Å². The van der Waals surface area contributed by atoms with Gasteiger partial charge in [-0.25, -0.2) is 4.39 Å². The second-order valence-corrected chi connectivity index (χ2v) is 6.21. The van der Waals surface area contributed by atoms with Gasteiger partial charge in [-0.2, -0.15) is 0 Å². The number of anilines is 1. The molecule has 1 saturated heterocycles. The van der Waals surface area contributed by atoms with Crippen LogP contribution in [0.25, 0.3) is 0 Å². The molecular weight excluding hydrogens is 287 g/mol. The number of benzene rings is 1. The number of aryl methyl sites for hydroxylation is 1. The molecule has 1 aliphatic heterocycles. The molecule has 2 aromatic rings. The van der Waals surface area contributed by atoms with E-state index in [1.54, 1.807) is 0 Å². The molecule has 1 aliphatic rings. The van der Waals surface area contributed by atoms with Crippen molar-refractivity contribution in [3.05, 3.63) is 40.7 Å². The molecule has 1 fully saturated rings. The summed E-state index contributed by atoms with van der Waals surface area (Å²) in [7, 11) is 0. The largest absolute Gasteiger partial charge is 0.370 e. The van der Waals surface area contributed by atoms with Crippen LogP contribution in [0.1, 0.15) is 17.0 Å². The second kappa shape index (κ2) is 6.49. The summed E-state index contributed by atoms with van der Waals surface area (Å²) in [5.41, 5.74) is 2.15. The van der Waals surface area contributed by atoms with E-state index in [1.165, 1.54) is 28.5 Å². The second-order valence-electron chi connectivity index (χ2n) is 5.37. The molecule has 0 unspecified atom stereocenters. The Balaban J connectivity index is 1.61. The van der Waals surface area contributed by atoms with Crippen LogP contribution in [0.4, 0.5) is 10.1 Å². The Bertz CT molecular complexity index is 584. The Kier molecular flexibility index (Phi) is 4.45. The first-order valence-electron chi connectivity index (χ1n) is 7.23. The fraction of sp³-hybridized carbons (Fsp3) is 0.467. The Hall–Kier alpha value is -1.53. The molecule has 0 aliphatic carbocycles. The Morgan fingerprint density at radius 2 is 1.95 bits per heavy atom.